The van der Waals surface area contributed by atoms with Crippen LogP contribution in [-0.4, -0.2) is 29.0 Å². The Morgan fingerprint density at radius 3 is 2.75 bits per heavy atom. The van der Waals surface area contributed by atoms with Gasteiger partial charge in [-0.1, -0.05) is 23.9 Å². The second kappa shape index (κ2) is 7.65. The quantitative estimate of drug-likeness (QED) is 0.692. The molecule has 0 atom stereocenters. The zero-order chi connectivity index (χ0) is 16.8. The van der Waals surface area contributed by atoms with Crippen molar-refractivity contribution < 1.29 is 13.9 Å². The number of para-hydroxylation sites is 2. The maximum Gasteiger partial charge on any atom is 0.234 e. The van der Waals surface area contributed by atoms with Crippen molar-refractivity contribution >= 4 is 23.4 Å². The molecule has 3 aromatic rings. The van der Waals surface area contributed by atoms with Crippen LogP contribution in [0.5, 0.6) is 5.75 Å². The minimum Gasteiger partial charge on any atom is -0.495 e. The SMILES string of the molecule is COc1ccccc1NC(=O)CSc1ccc(-c2ccco2)nn1. The fourth-order valence-corrected chi connectivity index (χ4v) is 2.64. The van der Waals surface area contributed by atoms with E-state index < -0.39 is 0 Å². The van der Waals surface area contributed by atoms with Crippen molar-refractivity contribution in [2.45, 2.75) is 5.03 Å². The first-order valence-electron chi connectivity index (χ1n) is 7.19. The van der Waals surface area contributed by atoms with Crippen molar-refractivity contribution in [3.05, 3.63) is 54.8 Å². The number of nitrogens with one attached hydrogen (secondary N) is 1. The zero-order valence-electron chi connectivity index (χ0n) is 12.9. The smallest absolute Gasteiger partial charge is 0.234 e. The van der Waals surface area contributed by atoms with Gasteiger partial charge in [0.1, 0.15) is 16.5 Å². The number of thioether (sulfide) groups is 1. The van der Waals surface area contributed by atoms with Gasteiger partial charge in [-0.2, -0.15) is 0 Å². The first-order chi connectivity index (χ1) is 11.8. The Morgan fingerprint density at radius 1 is 1.17 bits per heavy atom. The maximum atomic E-state index is 12.1. The molecule has 0 aliphatic carbocycles. The summed E-state index contributed by atoms with van der Waals surface area (Å²) in [6, 6.07) is 14.5. The van der Waals surface area contributed by atoms with Gasteiger partial charge in [-0.15, -0.1) is 10.2 Å². The predicted molar refractivity (Wildman–Crippen MR) is 92.1 cm³/mol. The van der Waals surface area contributed by atoms with Crippen molar-refractivity contribution in [1.82, 2.24) is 10.2 Å². The van der Waals surface area contributed by atoms with Gasteiger partial charge in [-0.25, -0.2) is 0 Å². The van der Waals surface area contributed by atoms with E-state index in [0.717, 1.165) is 0 Å². The highest BCUT2D eigenvalue weighted by atomic mass is 32.2. The van der Waals surface area contributed by atoms with Crippen LogP contribution in [0.25, 0.3) is 11.5 Å². The lowest BCUT2D eigenvalue weighted by molar-refractivity contribution is -0.113. The summed E-state index contributed by atoms with van der Waals surface area (Å²) in [5.74, 6) is 1.38. The van der Waals surface area contributed by atoms with E-state index in [9.17, 15) is 4.79 Å². The number of carbonyl (C=O) groups is 1. The highest BCUT2D eigenvalue weighted by Gasteiger charge is 2.09. The molecular weight excluding hydrogens is 326 g/mol. The third-order valence-electron chi connectivity index (χ3n) is 3.15. The van der Waals surface area contributed by atoms with Gasteiger partial charge in [0.05, 0.1) is 24.8 Å². The summed E-state index contributed by atoms with van der Waals surface area (Å²) in [6.45, 7) is 0. The lowest BCUT2D eigenvalue weighted by atomic mass is 10.3. The molecule has 0 saturated carbocycles. The Hall–Kier alpha value is -2.80. The zero-order valence-corrected chi connectivity index (χ0v) is 13.7. The van der Waals surface area contributed by atoms with Crippen molar-refractivity contribution in [2.75, 3.05) is 18.2 Å². The molecule has 2 aromatic heterocycles. The third-order valence-corrected chi connectivity index (χ3v) is 4.07. The van der Waals surface area contributed by atoms with E-state index in [1.54, 1.807) is 31.6 Å². The molecular formula is C17H15N3O3S. The summed E-state index contributed by atoms with van der Waals surface area (Å²) >= 11 is 1.31. The summed E-state index contributed by atoms with van der Waals surface area (Å²) in [4.78, 5) is 12.1. The van der Waals surface area contributed by atoms with Crippen LogP contribution in [0.3, 0.4) is 0 Å². The number of hydrogen-bond acceptors (Lipinski definition) is 6. The number of benzene rings is 1. The van der Waals surface area contributed by atoms with Gasteiger partial charge >= 0.3 is 0 Å². The van der Waals surface area contributed by atoms with Crippen molar-refractivity contribution in [3.63, 3.8) is 0 Å². The summed E-state index contributed by atoms with van der Waals surface area (Å²) in [7, 11) is 1.57. The largest absolute Gasteiger partial charge is 0.495 e. The van der Waals surface area contributed by atoms with Gasteiger partial charge in [-0.05, 0) is 36.4 Å². The van der Waals surface area contributed by atoms with Crippen LogP contribution in [0.15, 0.2) is 64.2 Å². The monoisotopic (exact) mass is 341 g/mol. The van der Waals surface area contributed by atoms with Gasteiger partial charge in [0, 0.05) is 0 Å². The van der Waals surface area contributed by atoms with Crippen molar-refractivity contribution in [1.29, 1.82) is 0 Å². The number of amides is 1. The van der Waals surface area contributed by atoms with Crippen molar-refractivity contribution in [3.8, 4) is 17.2 Å². The predicted octanol–water partition coefficient (Wildman–Crippen LogP) is 3.48. The first-order valence-corrected chi connectivity index (χ1v) is 8.18. The number of ether oxygens (including phenoxy) is 1. The second-order valence-electron chi connectivity index (χ2n) is 4.77. The van der Waals surface area contributed by atoms with Crippen LogP contribution >= 0.6 is 11.8 Å². The molecule has 0 unspecified atom stereocenters. The number of hydrogen-bond donors (Lipinski definition) is 1. The molecule has 6 nitrogen and oxygen atoms in total. The average molecular weight is 341 g/mol. The van der Waals surface area contributed by atoms with Crippen LogP contribution < -0.4 is 10.1 Å². The van der Waals surface area contributed by atoms with Crippen LogP contribution in [0.1, 0.15) is 0 Å². The second-order valence-corrected chi connectivity index (χ2v) is 5.77. The molecule has 1 amide bonds. The molecule has 0 aliphatic rings. The Bertz CT molecular complexity index is 804. The van der Waals surface area contributed by atoms with E-state index in [1.807, 2.05) is 30.3 Å². The molecule has 0 saturated heterocycles. The third kappa shape index (κ3) is 3.94. The molecule has 122 valence electrons. The summed E-state index contributed by atoms with van der Waals surface area (Å²) < 4.78 is 10.5. The minimum atomic E-state index is -0.138. The van der Waals surface area contributed by atoms with E-state index in [-0.39, 0.29) is 11.7 Å². The van der Waals surface area contributed by atoms with Gasteiger partial charge in [0.25, 0.3) is 0 Å². The molecule has 0 aliphatic heterocycles. The molecule has 3 rings (SSSR count). The molecule has 0 fully saturated rings. The van der Waals surface area contributed by atoms with Crippen LogP contribution in [-0.2, 0) is 4.79 Å². The Labute approximate surface area is 143 Å². The highest BCUT2D eigenvalue weighted by Crippen LogP contribution is 2.24. The summed E-state index contributed by atoms with van der Waals surface area (Å²) in [5, 5.41) is 11.7. The number of methoxy groups -OCH3 is 1. The standard InChI is InChI=1S/C17H15N3O3S/c1-22-14-6-3-2-5-12(14)18-16(21)11-24-17-9-8-13(19-20-17)15-7-4-10-23-15/h2-10H,11H2,1H3,(H,18,21). The number of anilines is 1. The highest BCUT2D eigenvalue weighted by molar-refractivity contribution is 7.99. The van der Waals surface area contributed by atoms with E-state index >= 15 is 0 Å². The topological polar surface area (TPSA) is 77.2 Å². The maximum absolute atomic E-state index is 12.1. The summed E-state index contributed by atoms with van der Waals surface area (Å²) in [5.41, 5.74) is 1.30. The molecule has 0 bridgehead atoms. The van der Waals surface area contributed by atoms with E-state index in [0.29, 0.717) is 27.9 Å². The molecule has 1 N–H and O–H groups in total. The molecule has 24 heavy (non-hydrogen) atoms. The van der Waals surface area contributed by atoms with Gasteiger partial charge in [0.2, 0.25) is 5.91 Å². The van der Waals surface area contributed by atoms with Crippen LogP contribution in [0.4, 0.5) is 5.69 Å². The van der Waals surface area contributed by atoms with E-state index in [4.69, 9.17) is 9.15 Å². The van der Waals surface area contributed by atoms with E-state index in [1.165, 1.54) is 11.8 Å². The van der Waals surface area contributed by atoms with Gasteiger partial charge < -0.3 is 14.5 Å². The number of nitrogens with zero attached hydrogens (tertiary/aromatic N) is 2. The summed E-state index contributed by atoms with van der Waals surface area (Å²) in [6.07, 6.45) is 1.59. The number of aromatic nitrogens is 2. The average Bonchev–Trinajstić information content (AvgIpc) is 3.15. The van der Waals surface area contributed by atoms with Gasteiger partial charge in [-0.3, -0.25) is 4.79 Å². The molecule has 1 aromatic carbocycles. The van der Waals surface area contributed by atoms with Crippen LogP contribution in [0, 0.1) is 0 Å². The Balaban J connectivity index is 1.56. The first kappa shape index (κ1) is 16.1. The van der Waals surface area contributed by atoms with Gasteiger partial charge in [0.15, 0.2) is 5.76 Å². The fourth-order valence-electron chi connectivity index (χ4n) is 2.03. The van der Waals surface area contributed by atoms with E-state index in [2.05, 4.69) is 15.5 Å². The van der Waals surface area contributed by atoms with Crippen LogP contribution in [0.2, 0.25) is 0 Å². The minimum absolute atomic E-state index is 0.138. The lowest BCUT2D eigenvalue weighted by Crippen LogP contribution is -2.14. The molecule has 0 radical (unpaired) electrons. The molecule has 2 heterocycles. The molecule has 7 heteroatoms. The lowest BCUT2D eigenvalue weighted by Gasteiger charge is -2.09. The number of furan rings is 1. The molecule has 0 spiro atoms. The number of carbonyl (C=O) groups excluding carboxylic acids is 1. The Morgan fingerprint density at radius 2 is 2.04 bits per heavy atom. The van der Waals surface area contributed by atoms with Crippen molar-refractivity contribution in [2.24, 2.45) is 0 Å². The fraction of sp³-hybridized carbons (Fsp3) is 0.118. The Kier molecular flexibility index (Phi) is 5.12. The number of rotatable bonds is 6. The normalized spacial score (nSPS) is 10.4.